The van der Waals surface area contributed by atoms with Crippen molar-refractivity contribution in [3.63, 3.8) is 0 Å². The first-order valence-electron chi connectivity index (χ1n) is 6.02. The Morgan fingerprint density at radius 2 is 2.06 bits per heavy atom. The first-order valence-corrected chi connectivity index (χ1v) is 6.81. The molecule has 1 saturated heterocycles. The van der Waals surface area contributed by atoms with E-state index >= 15 is 0 Å². The van der Waals surface area contributed by atoms with Gasteiger partial charge in [0.05, 0.1) is 10.1 Å². The molecular weight excluding hydrogens is 304 g/mol. The van der Waals surface area contributed by atoms with Gasteiger partial charge in [0.25, 0.3) is 0 Å². The van der Waals surface area contributed by atoms with Crippen molar-refractivity contribution >= 4 is 15.9 Å². The molecule has 0 spiro atoms. The Morgan fingerprint density at radius 1 is 1.39 bits per heavy atom. The molecule has 1 N–H and O–H groups in total. The SMILES string of the molecule is CCCC1(O)CN(Cc2c(F)ccc(Br)c2F)C1. The number of hydrogen-bond acceptors (Lipinski definition) is 2. The van der Waals surface area contributed by atoms with E-state index in [4.69, 9.17) is 0 Å². The van der Waals surface area contributed by atoms with E-state index in [1.165, 1.54) is 12.1 Å². The smallest absolute Gasteiger partial charge is 0.144 e. The second kappa shape index (κ2) is 5.23. The van der Waals surface area contributed by atoms with E-state index in [-0.39, 0.29) is 16.6 Å². The van der Waals surface area contributed by atoms with Crippen LogP contribution >= 0.6 is 15.9 Å². The molecule has 0 bridgehead atoms. The van der Waals surface area contributed by atoms with Gasteiger partial charge in [-0.1, -0.05) is 13.3 Å². The summed E-state index contributed by atoms with van der Waals surface area (Å²) < 4.78 is 27.6. The van der Waals surface area contributed by atoms with Crippen molar-refractivity contribution in [3.8, 4) is 0 Å². The van der Waals surface area contributed by atoms with Gasteiger partial charge in [-0.15, -0.1) is 0 Å². The maximum absolute atomic E-state index is 13.7. The average Bonchev–Trinajstić information content (AvgIpc) is 2.27. The molecule has 1 heterocycles. The zero-order chi connectivity index (χ0) is 13.3. The molecule has 0 aromatic heterocycles. The summed E-state index contributed by atoms with van der Waals surface area (Å²) in [6.45, 7) is 3.16. The molecular formula is C13H16BrF2NO. The van der Waals surface area contributed by atoms with Crippen LogP contribution in [0, 0.1) is 11.6 Å². The van der Waals surface area contributed by atoms with Crippen LogP contribution in [0.2, 0.25) is 0 Å². The molecule has 0 atom stereocenters. The number of benzene rings is 1. The van der Waals surface area contributed by atoms with Gasteiger partial charge >= 0.3 is 0 Å². The lowest BCUT2D eigenvalue weighted by atomic mass is 9.89. The molecule has 1 aliphatic rings. The van der Waals surface area contributed by atoms with E-state index in [2.05, 4.69) is 15.9 Å². The minimum absolute atomic E-state index is 0.0583. The Labute approximate surface area is 114 Å². The predicted octanol–water partition coefficient (Wildman–Crippen LogP) is 3.07. The lowest BCUT2D eigenvalue weighted by Gasteiger charge is -2.46. The van der Waals surface area contributed by atoms with Gasteiger partial charge in [-0.3, -0.25) is 4.90 Å². The highest BCUT2D eigenvalue weighted by Crippen LogP contribution is 2.29. The molecule has 1 fully saturated rings. The molecule has 5 heteroatoms. The number of β-amino-alcohol motifs (C(OH)–C–C–N with tert-alkyl or cyclic N) is 1. The van der Waals surface area contributed by atoms with Gasteiger partial charge in [0, 0.05) is 25.2 Å². The maximum atomic E-state index is 13.7. The first-order chi connectivity index (χ1) is 8.45. The van der Waals surface area contributed by atoms with Crippen LogP contribution in [0.1, 0.15) is 25.3 Å². The molecule has 2 rings (SSSR count). The predicted molar refractivity (Wildman–Crippen MR) is 69.2 cm³/mol. The molecule has 0 radical (unpaired) electrons. The third-order valence-corrected chi connectivity index (χ3v) is 3.88. The van der Waals surface area contributed by atoms with Crippen molar-refractivity contribution in [3.05, 3.63) is 33.8 Å². The van der Waals surface area contributed by atoms with Crippen LogP contribution in [0.3, 0.4) is 0 Å². The van der Waals surface area contributed by atoms with E-state index < -0.39 is 17.2 Å². The Bertz CT molecular complexity index is 447. The summed E-state index contributed by atoms with van der Waals surface area (Å²) >= 11 is 3.05. The summed E-state index contributed by atoms with van der Waals surface area (Å²) in [6.07, 6.45) is 1.64. The van der Waals surface area contributed by atoms with E-state index in [0.717, 1.165) is 12.8 Å². The number of halogens is 3. The summed E-state index contributed by atoms with van der Waals surface area (Å²) in [5.74, 6) is -1.09. The first kappa shape index (κ1) is 13.9. The highest BCUT2D eigenvalue weighted by Gasteiger charge is 2.40. The molecule has 1 aliphatic heterocycles. The third-order valence-electron chi connectivity index (χ3n) is 3.27. The molecule has 100 valence electrons. The second-order valence-electron chi connectivity index (χ2n) is 4.94. The van der Waals surface area contributed by atoms with Crippen LogP contribution in [0.15, 0.2) is 16.6 Å². The van der Waals surface area contributed by atoms with Gasteiger partial charge < -0.3 is 5.11 Å². The van der Waals surface area contributed by atoms with Gasteiger partial charge in [-0.05, 0) is 34.5 Å². The fourth-order valence-corrected chi connectivity index (χ4v) is 2.83. The van der Waals surface area contributed by atoms with Crippen LogP contribution in [-0.2, 0) is 6.54 Å². The summed E-state index contributed by atoms with van der Waals surface area (Å²) in [5, 5.41) is 10.0. The van der Waals surface area contributed by atoms with Crippen molar-refractivity contribution in [2.45, 2.75) is 31.9 Å². The van der Waals surface area contributed by atoms with Gasteiger partial charge in [0.1, 0.15) is 11.6 Å². The number of likely N-dealkylation sites (tertiary alicyclic amines) is 1. The lowest BCUT2D eigenvalue weighted by molar-refractivity contribution is -0.107. The number of rotatable bonds is 4. The van der Waals surface area contributed by atoms with E-state index in [1.807, 2.05) is 11.8 Å². The van der Waals surface area contributed by atoms with E-state index in [0.29, 0.717) is 13.1 Å². The van der Waals surface area contributed by atoms with Crippen molar-refractivity contribution in [2.24, 2.45) is 0 Å². The topological polar surface area (TPSA) is 23.5 Å². The zero-order valence-electron chi connectivity index (χ0n) is 10.2. The molecule has 2 nitrogen and oxygen atoms in total. The Morgan fingerprint density at radius 3 is 2.67 bits per heavy atom. The van der Waals surface area contributed by atoms with Crippen LogP contribution in [-0.4, -0.2) is 28.7 Å². The van der Waals surface area contributed by atoms with Crippen molar-refractivity contribution in [1.82, 2.24) is 4.90 Å². The summed E-state index contributed by atoms with van der Waals surface area (Å²) in [6, 6.07) is 2.61. The third kappa shape index (κ3) is 2.73. The van der Waals surface area contributed by atoms with Crippen molar-refractivity contribution in [2.75, 3.05) is 13.1 Å². The molecule has 0 unspecified atom stereocenters. The number of nitrogens with zero attached hydrogens (tertiary/aromatic N) is 1. The number of aliphatic hydroxyl groups is 1. The fraction of sp³-hybridized carbons (Fsp3) is 0.538. The largest absolute Gasteiger partial charge is 0.387 e. The van der Waals surface area contributed by atoms with Crippen LogP contribution in [0.25, 0.3) is 0 Å². The van der Waals surface area contributed by atoms with E-state index in [9.17, 15) is 13.9 Å². The Hall–Kier alpha value is -0.520. The fourth-order valence-electron chi connectivity index (χ4n) is 2.46. The Kier molecular flexibility index (Phi) is 4.04. The highest BCUT2D eigenvalue weighted by atomic mass is 79.9. The molecule has 1 aromatic carbocycles. The molecule has 0 amide bonds. The monoisotopic (exact) mass is 319 g/mol. The van der Waals surface area contributed by atoms with Crippen LogP contribution < -0.4 is 0 Å². The van der Waals surface area contributed by atoms with Crippen molar-refractivity contribution in [1.29, 1.82) is 0 Å². The van der Waals surface area contributed by atoms with Gasteiger partial charge in [0.15, 0.2) is 0 Å². The minimum atomic E-state index is -0.673. The molecule has 0 saturated carbocycles. The van der Waals surface area contributed by atoms with Gasteiger partial charge in [0.2, 0.25) is 0 Å². The number of hydrogen-bond donors (Lipinski definition) is 1. The highest BCUT2D eigenvalue weighted by molar-refractivity contribution is 9.10. The quantitative estimate of drug-likeness (QED) is 0.862. The summed E-state index contributed by atoms with van der Waals surface area (Å²) in [5.41, 5.74) is -0.615. The second-order valence-corrected chi connectivity index (χ2v) is 5.80. The van der Waals surface area contributed by atoms with Gasteiger partial charge in [-0.25, -0.2) is 8.78 Å². The standard InChI is InChI=1S/C13H16BrF2NO/c1-2-5-13(18)7-17(8-13)6-9-11(15)4-3-10(14)12(9)16/h3-4,18H,2,5-8H2,1H3. The zero-order valence-corrected chi connectivity index (χ0v) is 11.8. The Balaban J connectivity index is 2.03. The summed E-state index contributed by atoms with van der Waals surface area (Å²) in [4.78, 5) is 1.85. The van der Waals surface area contributed by atoms with Crippen LogP contribution in [0.5, 0.6) is 0 Å². The molecule has 0 aliphatic carbocycles. The molecule has 1 aromatic rings. The maximum Gasteiger partial charge on any atom is 0.144 e. The average molecular weight is 320 g/mol. The normalized spacial score (nSPS) is 18.7. The van der Waals surface area contributed by atoms with E-state index in [1.54, 1.807) is 0 Å². The van der Waals surface area contributed by atoms with Gasteiger partial charge in [-0.2, -0.15) is 0 Å². The van der Waals surface area contributed by atoms with Crippen LogP contribution in [0.4, 0.5) is 8.78 Å². The molecule has 18 heavy (non-hydrogen) atoms. The summed E-state index contributed by atoms with van der Waals surface area (Å²) in [7, 11) is 0. The lowest BCUT2D eigenvalue weighted by Crippen LogP contribution is -2.61. The van der Waals surface area contributed by atoms with Crippen molar-refractivity contribution < 1.29 is 13.9 Å². The minimum Gasteiger partial charge on any atom is -0.387 e.